The van der Waals surface area contributed by atoms with Crippen molar-refractivity contribution in [2.24, 2.45) is 5.73 Å². The van der Waals surface area contributed by atoms with Crippen molar-refractivity contribution in [3.63, 3.8) is 0 Å². The number of nitrogens with one attached hydrogen (secondary N) is 3. The van der Waals surface area contributed by atoms with Crippen LogP contribution < -0.4 is 26.6 Å². The largest absolute Gasteiger partial charge is 0.378 e. The van der Waals surface area contributed by atoms with E-state index in [-0.39, 0.29) is 16.9 Å². The summed E-state index contributed by atoms with van der Waals surface area (Å²) in [5.41, 5.74) is 8.36. The van der Waals surface area contributed by atoms with Gasteiger partial charge in [0.05, 0.1) is 0 Å². The lowest BCUT2D eigenvalue weighted by Crippen LogP contribution is -2.34. The van der Waals surface area contributed by atoms with Crippen molar-refractivity contribution in [2.45, 2.75) is 19.3 Å². The van der Waals surface area contributed by atoms with Gasteiger partial charge in [-0.2, -0.15) is 0 Å². The molecule has 0 spiro atoms. The predicted octanol–water partition coefficient (Wildman–Crippen LogP) is 2.95. The van der Waals surface area contributed by atoms with E-state index in [1.807, 2.05) is 31.1 Å². The van der Waals surface area contributed by atoms with Crippen molar-refractivity contribution in [1.82, 2.24) is 5.32 Å². The highest BCUT2D eigenvalue weighted by Gasteiger charge is 2.09. The second-order valence-corrected chi connectivity index (χ2v) is 7.13. The van der Waals surface area contributed by atoms with Gasteiger partial charge in [-0.25, -0.2) is 0 Å². The zero-order valence-electron chi connectivity index (χ0n) is 16.7. The van der Waals surface area contributed by atoms with E-state index < -0.39 is 0 Å². The maximum Gasteiger partial charge on any atom is 0.257 e. The summed E-state index contributed by atoms with van der Waals surface area (Å²) in [6.45, 7) is 0.589. The quantitative estimate of drug-likeness (QED) is 0.392. The Morgan fingerprint density at radius 2 is 1.52 bits per heavy atom. The highest BCUT2D eigenvalue weighted by molar-refractivity contribution is 7.80. The molecule has 0 fully saturated rings. The summed E-state index contributed by atoms with van der Waals surface area (Å²) in [6.07, 6.45) is 2.05. The van der Waals surface area contributed by atoms with E-state index in [4.69, 9.17) is 18.0 Å². The minimum absolute atomic E-state index is 0.0396. The van der Waals surface area contributed by atoms with Gasteiger partial charge >= 0.3 is 0 Å². The smallest absolute Gasteiger partial charge is 0.257 e. The van der Waals surface area contributed by atoms with Gasteiger partial charge in [0.2, 0.25) is 5.91 Å². The molecule has 5 N–H and O–H groups in total. The summed E-state index contributed by atoms with van der Waals surface area (Å²) in [5, 5.41) is 8.65. The lowest BCUT2D eigenvalue weighted by Gasteiger charge is -2.13. The minimum atomic E-state index is -0.283. The van der Waals surface area contributed by atoms with Crippen LogP contribution in [-0.4, -0.2) is 37.6 Å². The molecule has 0 aromatic heterocycles. The number of anilines is 3. The number of nitrogens with zero attached hydrogens (tertiary/aromatic N) is 1. The number of nitrogens with two attached hydrogens (primary N) is 1. The fraction of sp³-hybridized carbons (Fsp3) is 0.286. The summed E-state index contributed by atoms with van der Waals surface area (Å²) in [5.74, 6) is -0.323. The van der Waals surface area contributed by atoms with Gasteiger partial charge < -0.3 is 21.3 Å². The fourth-order valence-corrected chi connectivity index (χ4v) is 2.75. The predicted molar refractivity (Wildman–Crippen MR) is 122 cm³/mol. The van der Waals surface area contributed by atoms with Crippen LogP contribution >= 0.6 is 12.2 Å². The Labute approximate surface area is 176 Å². The van der Waals surface area contributed by atoms with E-state index in [1.165, 1.54) is 0 Å². The highest BCUT2D eigenvalue weighted by Crippen LogP contribution is 2.15. The third kappa shape index (κ3) is 7.52. The Balaban J connectivity index is 1.84. The summed E-state index contributed by atoms with van der Waals surface area (Å²) < 4.78 is 0. The molecule has 0 heterocycles. The number of carbonyl (C=O) groups excluding carboxylic acids is 2. The molecule has 0 unspecified atom stereocenters. The molecular weight excluding hydrogens is 386 g/mol. The van der Waals surface area contributed by atoms with Crippen LogP contribution in [0, 0.1) is 0 Å². The van der Waals surface area contributed by atoms with Crippen LogP contribution in [0.1, 0.15) is 29.6 Å². The van der Waals surface area contributed by atoms with Gasteiger partial charge in [0.1, 0.15) is 0 Å². The van der Waals surface area contributed by atoms with Gasteiger partial charge in [-0.1, -0.05) is 0 Å². The Morgan fingerprint density at radius 3 is 2.07 bits per heavy atom. The zero-order chi connectivity index (χ0) is 21.2. The number of rotatable bonds is 8. The standard InChI is InChI=1S/C21H27N5O2S/c1-26(2)18-12-6-15(7-13-18)20(28)25-21(29)24-17-10-8-16(9-11-17)23-19(27)5-3-4-14-22/h6-13H,3-5,14,22H2,1-2H3,(H,23,27)(H2,24,25,28,29). The normalized spacial score (nSPS) is 10.2. The summed E-state index contributed by atoms with van der Waals surface area (Å²) >= 11 is 5.21. The number of hydrogen-bond donors (Lipinski definition) is 4. The van der Waals surface area contributed by atoms with Gasteiger partial charge in [-0.15, -0.1) is 0 Å². The van der Waals surface area contributed by atoms with Crippen molar-refractivity contribution < 1.29 is 9.59 Å². The van der Waals surface area contributed by atoms with Crippen LogP contribution in [-0.2, 0) is 4.79 Å². The van der Waals surface area contributed by atoms with Gasteiger partial charge in [0.15, 0.2) is 5.11 Å². The average molecular weight is 414 g/mol. The first-order valence-corrected chi connectivity index (χ1v) is 9.79. The van der Waals surface area contributed by atoms with E-state index in [9.17, 15) is 9.59 Å². The first-order valence-electron chi connectivity index (χ1n) is 9.38. The number of unbranched alkanes of at least 4 members (excludes halogenated alkanes) is 1. The molecule has 29 heavy (non-hydrogen) atoms. The summed E-state index contributed by atoms with van der Waals surface area (Å²) in [4.78, 5) is 26.1. The Hall–Kier alpha value is -2.97. The van der Waals surface area contributed by atoms with Crippen LogP contribution in [0.15, 0.2) is 48.5 Å². The molecule has 0 saturated heterocycles. The van der Waals surface area contributed by atoms with Gasteiger partial charge in [-0.3, -0.25) is 14.9 Å². The van der Waals surface area contributed by atoms with Crippen LogP contribution in [0.2, 0.25) is 0 Å². The highest BCUT2D eigenvalue weighted by atomic mass is 32.1. The number of hydrogen-bond acceptors (Lipinski definition) is 5. The van der Waals surface area contributed by atoms with Crippen LogP contribution in [0.4, 0.5) is 17.1 Å². The molecule has 0 radical (unpaired) electrons. The second kappa shape index (κ2) is 11.1. The lowest BCUT2D eigenvalue weighted by molar-refractivity contribution is -0.116. The molecule has 0 aliphatic rings. The molecule has 0 aliphatic heterocycles. The topological polar surface area (TPSA) is 99.5 Å². The van der Waals surface area contributed by atoms with Gasteiger partial charge in [0, 0.05) is 43.1 Å². The lowest BCUT2D eigenvalue weighted by atomic mass is 10.2. The van der Waals surface area contributed by atoms with E-state index in [0.717, 1.165) is 18.5 Å². The molecule has 0 atom stereocenters. The molecule has 2 amide bonds. The summed E-state index contributed by atoms with van der Waals surface area (Å²) in [6, 6.07) is 14.3. The van der Waals surface area contributed by atoms with Crippen LogP contribution in [0.3, 0.4) is 0 Å². The molecule has 0 saturated carbocycles. The maximum atomic E-state index is 12.3. The molecule has 2 rings (SSSR count). The number of thiocarbonyl (C=S) groups is 1. The fourth-order valence-electron chi connectivity index (χ4n) is 2.54. The van der Waals surface area contributed by atoms with Gasteiger partial charge in [-0.05, 0) is 80.1 Å². The van der Waals surface area contributed by atoms with Crippen molar-refractivity contribution in [3.8, 4) is 0 Å². The molecule has 2 aromatic rings. The number of amides is 2. The molecular formula is C21H27N5O2S. The second-order valence-electron chi connectivity index (χ2n) is 6.72. The zero-order valence-corrected chi connectivity index (χ0v) is 17.5. The van der Waals surface area contributed by atoms with Crippen LogP contribution in [0.5, 0.6) is 0 Å². The van der Waals surface area contributed by atoms with Crippen molar-refractivity contribution >= 4 is 46.2 Å². The Bertz CT molecular complexity index is 835. The minimum Gasteiger partial charge on any atom is -0.378 e. The first-order chi connectivity index (χ1) is 13.9. The molecule has 2 aromatic carbocycles. The van der Waals surface area contributed by atoms with E-state index >= 15 is 0 Å². The van der Waals surface area contributed by atoms with E-state index in [1.54, 1.807) is 36.4 Å². The molecule has 0 aliphatic carbocycles. The van der Waals surface area contributed by atoms with Crippen LogP contribution in [0.25, 0.3) is 0 Å². The summed E-state index contributed by atoms with van der Waals surface area (Å²) in [7, 11) is 3.87. The maximum absolute atomic E-state index is 12.3. The van der Waals surface area contributed by atoms with Crippen molar-refractivity contribution in [3.05, 3.63) is 54.1 Å². The first kappa shape index (κ1) is 22.3. The number of benzene rings is 2. The monoisotopic (exact) mass is 413 g/mol. The third-order valence-electron chi connectivity index (χ3n) is 4.16. The van der Waals surface area contributed by atoms with Crippen molar-refractivity contribution in [1.29, 1.82) is 0 Å². The molecule has 7 nitrogen and oxygen atoms in total. The van der Waals surface area contributed by atoms with E-state index in [0.29, 0.717) is 29.9 Å². The van der Waals surface area contributed by atoms with E-state index in [2.05, 4.69) is 16.0 Å². The Kier molecular flexibility index (Phi) is 8.57. The SMILES string of the molecule is CN(C)c1ccc(C(=O)NC(=S)Nc2ccc(NC(=O)CCCCN)cc2)cc1. The average Bonchev–Trinajstić information content (AvgIpc) is 2.69. The van der Waals surface area contributed by atoms with Crippen molar-refractivity contribution in [2.75, 3.05) is 36.2 Å². The number of carbonyl (C=O) groups is 2. The Morgan fingerprint density at radius 1 is 0.931 bits per heavy atom. The molecule has 154 valence electrons. The molecule has 0 bridgehead atoms. The van der Waals surface area contributed by atoms with Gasteiger partial charge in [0.25, 0.3) is 5.91 Å². The third-order valence-corrected chi connectivity index (χ3v) is 4.36. The molecule has 8 heteroatoms.